The van der Waals surface area contributed by atoms with Gasteiger partial charge in [0.15, 0.2) is 0 Å². The van der Waals surface area contributed by atoms with Crippen molar-refractivity contribution in [1.82, 2.24) is 0 Å². The zero-order valence-electron chi connectivity index (χ0n) is 16.8. The zero-order valence-corrected chi connectivity index (χ0v) is 18.3. The van der Waals surface area contributed by atoms with Gasteiger partial charge < -0.3 is 9.47 Å². The van der Waals surface area contributed by atoms with Crippen LogP contribution in [-0.2, 0) is 0 Å². The average Bonchev–Trinajstić information content (AvgIpc) is 2.78. The Morgan fingerprint density at radius 1 is 0.800 bits per heavy atom. The van der Waals surface area contributed by atoms with E-state index >= 15 is 0 Å². The molecule has 0 saturated heterocycles. The molecule has 30 heavy (non-hydrogen) atoms. The average molecular weight is 467 g/mol. The van der Waals surface area contributed by atoms with Gasteiger partial charge in [-0.1, -0.05) is 35.7 Å². The van der Waals surface area contributed by atoms with Gasteiger partial charge in [-0.3, -0.25) is 0 Å². The number of carbonyl (C=O) groups is 1. The van der Waals surface area contributed by atoms with Gasteiger partial charge in [0.25, 0.3) is 0 Å². The molecule has 154 valence electrons. The van der Waals surface area contributed by atoms with Gasteiger partial charge in [0, 0.05) is 4.47 Å². The summed E-state index contributed by atoms with van der Waals surface area (Å²) >= 11 is 3.38. The van der Waals surface area contributed by atoms with Crippen LogP contribution in [0.1, 0.15) is 36.5 Å². The molecule has 0 N–H and O–H groups in total. The molecule has 0 aliphatic rings. The molecule has 0 aliphatic heterocycles. The maximum Gasteiger partial charge on any atom is 0.343 e. The van der Waals surface area contributed by atoms with Gasteiger partial charge >= 0.3 is 5.97 Å². The maximum absolute atomic E-state index is 12.3. The van der Waals surface area contributed by atoms with E-state index in [1.807, 2.05) is 24.3 Å². The number of halogens is 1. The maximum atomic E-state index is 12.3. The Morgan fingerprint density at radius 2 is 1.37 bits per heavy atom. The van der Waals surface area contributed by atoms with Gasteiger partial charge in [-0.15, -0.1) is 0 Å². The topological polar surface area (TPSA) is 60.2 Å². The second-order valence-corrected chi connectivity index (χ2v) is 7.56. The Morgan fingerprint density at radius 3 is 1.97 bits per heavy atom. The highest BCUT2D eigenvalue weighted by Gasteiger charge is 2.09. The minimum Gasteiger partial charge on any atom is -0.494 e. The van der Waals surface area contributed by atoms with Crippen LogP contribution in [0.2, 0.25) is 0 Å². The van der Waals surface area contributed by atoms with Crippen LogP contribution in [0.15, 0.2) is 87.5 Å². The molecule has 3 rings (SSSR count). The predicted octanol–water partition coefficient (Wildman–Crippen LogP) is 7.65. The first-order chi connectivity index (χ1) is 14.6. The first kappa shape index (κ1) is 21.7. The van der Waals surface area contributed by atoms with Crippen molar-refractivity contribution in [2.75, 3.05) is 6.61 Å². The Bertz CT molecular complexity index is 969. The molecule has 3 aromatic carbocycles. The van der Waals surface area contributed by atoms with Gasteiger partial charge in [-0.05, 0) is 79.2 Å². The monoisotopic (exact) mass is 466 g/mol. The Balaban J connectivity index is 1.53. The molecule has 3 aromatic rings. The normalized spacial score (nSPS) is 10.9. The highest BCUT2D eigenvalue weighted by molar-refractivity contribution is 9.10. The molecule has 0 spiro atoms. The first-order valence-electron chi connectivity index (χ1n) is 9.86. The summed E-state index contributed by atoms with van der Waals surface area (Å²) in [6.07, 6.45) is 3.33. The molecule has 0 unspecified atom stereocenters. The summed E-state index contributed by atoms with van der Waals surface area (Å²) in [5, 5.41) is 8.37. The number of azo groups is 1. The fourth-order valence-corrected chi connectivity index (χ4v) is 2.86. The van der Waals surface area contributed by atoms with Crippen LogP contribution in [0.4, 0.5) is 11.4 Å². The van der Waals surface area contributed by atoms with Crippen LogP contribution in [0.3, 0.4) is 0 Å². The molecule has 0 radical (unpaired) electrons. The minimum absolute atomic E-state index is 0.420. The van der Waals surface area contributed by atoms with Crippen molar-refractivity contribution in [2.45, 2.75) is 26.2 Å². The smallest absolute Gasteiger partial charge is 0.343 e. The number of hydrogen-bond acceptors (Lipinski definition) is 5. The van der Waals surface area contributed by atoms with Crippen molar-refractivity contribution in [3.63, 3.8) is 0 Å². The van der Waals surface area contributed by atoms with Crippen LogP contribution in [0.25, 0.3) is 0 Å². The molecular formula is C24H23BrN2O3. The molecule has 0 bridgehead atoms. The highest BCUT2D eigenvalue weighted by Crippen LogP contribution is 2.23. The number of hydrogen-bond donors (Lipinski definition) is 0. The highest BCUT2D eigenvalue weighted by atomic mass is 79.9. The molecule has 0 amide bonds. The molecule has 0 aromatic heterocycles. The van der Waals surface area contributed by atoms with Crippen LogP contribution in [0, 0.1) is 0 Å². The second kappa shape index (κ2) is 11.3. The number of rotatable bonds is 9. The predicted molar refractivity (Wildman–Crippen MR) is 121 cm³/mol. The molecule has 0 atom stereocenters. The lowest BCUT2D eigenvalue weighted by Crippen LogP contribution is -2.08. The summed E-state index contributed by atoms with van der Waals surface area (Å²) in [6.45, 7) is 2.84. The van der Waals surface area contributed by atoms with E-state index in [1.165, 1.54) is 0 Å². The Hall–Kier alpha value is -2.99. The third-order valence-corrected chi connectivity index (χ3v) is 4.79. The first-order valence-corrected chi connectivity index (χ1v) is 10.7. The Labute approximate surface area is 184 Å². The summed E-state index contributed by atoms with van der Waals surface area (Å²) in [5.41, 5.74) is 1.89. The Kier molecular flexibility index (Phi) is 8.15. The van der Waals surface area contributed by atoms with Gasteiger partial charge in [-0.25, -0.2) is 4.79 Å². The summed E-state index contributed by atoms with van der Waals surface area (Å²) in [6, 6.07) is 21.4. The fraction of sp³-hybridized carbons (Fsp3) is 0.208. The van der Waals surface area contributed by atoms with Gasteiger partial charge in [0.2, 0.25) is 0 Å². The lowest BCUT2D eigenvalue weighted by molar-refractivity contribution is 0.0734. The van der Waals surface area contributed by atoms with E-state index in [1.54, 1.807) is 48.5 Å². The van der Waals surface area contributed by atoms with E-state index in [2.05, 4.69) is 33.1 Å². The van der Waals surface area contributed by atoms with Gasteiger partial charge in [-0.2, -0.15) is 10.2 Å². The molecule has 0 saturated carbocycles. The number of ether oxygens (including phenoxy) is 2. The van der Waals surface area contributed by atoms with Crippen molar-refractivity contribution in [3.8, 4) is 11.5 Å². The van der Waals surface area contributed by atoms with Crippen LogP contribution in [0.5, 0.6) is 11.5 Å². The number of unbranched alkanes of at least 4 members (excludes halogenated alkanes) is 2. The molecule has 6 heteroatoms. The van der Waals surface area contributed by atoms with E-state index in [4.69, 9.17) is 9.47 Å². The third-order valence-electron chi connectivity index (χ3n) is 4.26. The summed E-state index contributed by atoms with van der Waals surface area (Å²) < 4.78 is 12.1. The lowest BCUT2D eigenvalue weighted by atomic mass is 10.2. The summed E-state index contributed by atoms with van der Waals surface area (Å²) in [7, 11) is 0. The molecular weight excluding hydrogens is 444 g/mol. The van der Waals surface area contributed by atoms with Gasteiger partial charge in [0.05, 0.1) is 23.5 Å². The van der Waals surface area contributed by atoms with Crippen molar-refractivity contribution >= 4 is 33.3 Å². The van der Waals surface area contributed by atoms with Crippen molar-refractivity contribution < 1.29 is 14.3 Å². The SMILES string of the molecule is CCCCCOc1ccc(C(=O)Oc2ccc(N=Nc3ccc(Br)cc3)cc2)cc1. The number of esters is 1. The van der Waals surface area contributed by atoms with E-state index in [0.717, 1.165) is 35.2 Å². The number of nitrogens with zero attached hydrogens (tertiary/aromatic N) is 2. The quantitative estimate of drug-likeness (QED) is 0.141. The number of carbonyl (C=O) groups excluding carboxylic acids is 1. The molecule has 0 fully saturated rings. The van der Waals surface area contributed by atoms with Crippen molar-refractivity contribution in [2.24, 2.45) is 10.2 Å². The lowest BCUT2D eigenvalue weighted by Gasteiger charge is -2.07. The van der Waals surface area contributed by atoms with Gasteiger partial charge in [0.1, 0.15) is 11.5 Å². The minimum atomic E-state index is -0.420. The molecule has 5 nitrogen and oxygen atoms in total. The van der Waals surface area contributed by atoms with Crippen molar-refractivity contribution in [3.05, 3.63) is 82.8 Å². The standard InChI is InChI=1S/C24H23BrN2O3/c1-2-3-4-17-29-22-13-5-18(6-14-22)24(28)30-23-15-11-21(12-16-23)27-26-20-9-7-19(25)8-10-20/h5-16H,2-4,17H2,1H3. The van der Waals surface area contributed by atoms with Crippen molar-refractivity contribution in [1.29, 1.82) is 0 Å². The van der Waals surface area contributed by atoms with Crippen LogP contribution in [-0.4, -0.2) is 12.6 Å². The fourth-order valence-electron chi connectivity index (χ4n) is 2.60. The van der Waals surface area contributed by atoms with Crippen LogP contribution < -0.4 is 9.47 Å². The molecule has 0 aliphatic carbocycles. The van der Waals surface area contributed by atoms with E-state index in [-0.39, 0.29) is 0 Å². The van der Waals surface area contributed by atoms with Crippen LogP contribution >= 0.6 is 15.9 Å². The molecule has 0 heterocycles. The summed E-state index contributed by atoms with van der Waals surface area (Å²) in [5.74, 6) is 0.780. The number of benzene rings is 3. The van der Waals surface area contributed by atoms with E-state index < -0.39 is 5.97 Å². The van der Waals surface area contributed by atoms with E-state index in [0.29, 0.717) is 23.6 Å². The third kappa shape index (κ3) is 6.81. The largest absolute Gasteiger partial charge is 0.494 e. The van der Waals surface area contributed by atoms with E-state index in [9.17, 15) is 4.79 Å². The second-order valence-electron chi connectivity index (χ2n) is 6.64. The summed E-state index contributed by atoms with van der Waals surface area (Å²) in [4.78, 5) is 12.3. The zero-order chi connectivity index (χ0) is 21.2.